The molecule has 3 atom stereocenters. The maximum absolute atomic E-state index is 12.9. The minimum Gasteiger partial charge on any atom is -0.381 e. The Morgan fingerprint density at radius 3 is 2.70 bits per heavy atom. The zero-order valence-corrected chi connectivity index (χ0v) is 16.3. The predicted molar refractivity (Wildman–Crippen MR) is 108 cm³/mol. The van der Waals surface area contributed by atoms with Gasteiger partial charge >= 0.3 is 0 Å². The highest BCUT2D eigenvalue weighted by atomic mass is 32.2. The standard InChI is InChI=1S/C22H26N2O2S/c25-27(19-4-2-1-3-5-19)24-11-8-17-14-16(6-7-22(17)24)20-15-21(20)23-18-9-12-26-13-10-18/h1-7,14,18,20-21,23H,8-13,15H2. The lowest BCUT2D eigenvalue weighted by atomic mass is 10.0. The fourth-order valence-corrected chi connectivity index (χ4v) is 5.63. The molecule has 142 valence electrons. The summed E-state index contributed by atoms with van der Waals surface area (Å²) in [4.78, 5) is 0.873. The summed E-state index contributed by atoms with van der Waals surface area (Å²) in [6.07, 6.45) is 4.48. The predicted octanol–water partition coefficient (Wildman–Crippen LogP) is 3.40. The molecule has 4 nitrogen and oxygen atoms in total. The molecule has 2 heterocycles. The molecule has 2 aromatic rings. The van der Waals surface area contributed by atoms with E-state index in [1.165, 1.54) is 17.5 Å². The summed E-state index contributed by atoms with van der Waals surface area (Å²) in [5, 5.41) is 3.82. The molecular weight excluding hydrogens is 356 g/mol. The van der Waals surface area contributed by atoms with Gasteiger partial charge < -0.3 is 10.1 Å². The van der Waals surface area contributed by atoms with Crippen molar-refractivity contribution in [3.05, 3.63) is 59.7 Å². The zero-order valence-electron chi connectivity index (χ0n) is 15.5. The van der Waals surface area contributed by atoms with Gasteiger partial charge in [-0.15, -0.1) is 0 Å². The first kappa shape index (κ1) is 17.4. The average molecular weight is 383 g/mol. The Kier molecular flexibility index (Phi) is 4.76. The van der Waals surface area contributed by atoms with Crippen LogP contribution >= 0.6 is 0 Å². The number of rotatable bonds is 5. The molecule has 0 bridgehead atoms. The summed E-state index contributed by atoms with van der Waals surface area (Å²) in [5.41, 5.74) is 3.91. The van der Waals surface area contributed by atoms with Gasteiger partial charge in [0.2, 0.25) is 0 Å². The lowest BCUT2D eigenvalue weighted by molar-refractivity contribution is 0.0774. The Balaban J connectivity index is 1.27. The smallest absolute Gasteiger partial charge is 0.152 e. The molecule has 0 radical (unpaired) electrons. The summed E-state index contributed by atoms with van der Waals surface area (Å²) in [6.45, 7) is 2.61. The number of nitrogens with zero attached hydrogens (tertiary/aromatic N) is 1. The lowest BCUT2D eigenvalue weighted by Crippen LogP contribution is -2.36. The molecular formula is C22H26N2O2S. The monoisotopic (exact) mass is 382 g/mol. The molecule has 2 fully saturated rings. The van der Waals surface area contributed by atoms with Gasteiger partial charge in [-0.3, -0.25) is 4.31 Å². The van der Waals surface area contributed by atoms with Gasteiger partial charge in [0, 0.05) is 37.8 Å². The van der Waals surface area contributed by atoms with Crippen LogP contribution in [0.5, 0.6) is 0 Å². The van der Waals surface area contributed by atoms with Gasteiger partial charge in [0.25, 0.3) is 0 Å². The Labute approximate surface area is 163 Å². The maximum atomic E-state index is 12.9. The van der Waals surface area contributed by atoms with E-state index in [4.69, 9.17) is 4.74 Å². The molecule has 0 spiro atoms. The molecule has 1 saturated heterocycles. The molecule has 3 unspecified atom stereocenters. The topological polar surface area (TPSA) is 41.6 Å². The number of hydrogen-bond donors (Lipinski definition) is 1. The highest BCUT2D eigenvalue weighted by Crippen LogP contribution is 2.44. The SMILES string of the molecule is O=S(c1ccccc1)N1CCc2cc(C3CC3NC3CCOCC3)ccc21. The molecule has 2 aliphatic heterocycles. The van der Waals surface area contributed by atoms with Crippen molar-refractivity contribution in [2.45, 2.75) is 48.6 Å². The van der Waals surface area contributed by atoms with Crippen LogP contribution in [0, 0.1) is 0 Å². The van der Waals surface area contributed by atoms with Crippen molar-refractivity contribution in [1.29, 1.82) is 0 Å². The molecule has 0 aromatic heterocycles. The van der Waals surface area contributed by atoms with Crippen LogP contribution in [0.25, 0.3) is 0 Å². The van der Waals surface area contributed by atoms with Gasteiger partial charge in [-0.1, -0.05) is 30.3 Å². The molecule has 5 rings (SSSR count). The normalized spacial score (nSPS) is 26.0. The van der Waals surface area contributed by atoms with E-state index in [2.05, 4.69) is 23.5 Å². The highest BCUT2D eigenvalue weighted by Gasteiger charge is 2.40. The second-order valence-electron chi connectivity index (χ2n) is 7.80. The number of anilines is 1. The molecule has 3 aliphatic rings. The van der Waals surface area contributed by atoms with E-state index in [1.807, 2.05) is 34.6 Å². The van der Waals surface area contributed by atoms with Crippen LogP contribution in [0.3, 0.4) is 0 Å². The van der Waals surface area contributed by atoms with E-state index < -0.39 is 11.0 Å². The highest BCUT2D eigenvalue weighted by molar-refractivity contribution is 7.86. The summed E-state index contributed by atoms with van der Waals surface area (Å²) in [5.74, 6) is 0.631. The van der Waals surface area contributed by atoms with Crippen LogP contribution in [-0.2, 0) is 22.1 Å². The Hall–Kier alpha value is -1.69. The van der Waals surface area contributed by atoms with Crippen molar-refractivity contribution < 1.29 is 8.95 Å². The van der Waals surface area contributed by atoms with Gasteiger partial charge in [0.1, 0.15) is 0 Å². The Morgan fingerprint density at radius 2 is 1.89 bits per heavy atom. The van der Waals surface area contributed by atoms with Gasteiger partial charge in [-0.25, -0.2) is 4.21 Å². The fourth-order valence-electron chi connectivity index (χ4n) is 4.37. The van der Waals surface area contributed by atoms with Gasteiger partial charge in [0.15, 0.2) is 11.0 Å². The van der Waals surface area contributed by atoms with Crippen molar-refractivity contribution in [1.82, 2.24) is 5.32 Å². The third-order valence-electron chi connectivity index (χ3n) is 5.99. The average Bonchev–Trinajstić information content (AvgIpc) is 3.36. The second-order valence-corrected chi connectivity index (χ2v) is 9.21. The van der Waals surface area contributed by atoms with E-state index in [1.54, 1.807) is 0 Å². The zero-order chi connectivity index (χ0) is 18.2. The van der Waals surface area contributed by atoms with Gasteiger partial charge in [-0.2, -0.15) is 0 Å². The molecule has 1 N–H and O–H groups in total. The minimum absolute atomic E-state index is 0.613. The number of hydrogen-bond acceptors (Lipinski definition) is 3. The van der Waals surface area contributed by atoms with Crippen molar-refractivity contribution in [2.75, 3.05) is 24.1 Å². The van der Waals surface area contributed by atoms with Crippen molar-refractivity contribution >= 4 is 16.7 Å². The molecule has 1 aliphatic carbocycles. The number of ether oxygens (including phenoxy) is 1. The maximum Gasteiger partial charge on any atom is 0.152 e. The number of nitrogens with one attached hydrogen (secondary N) is 1. The van der Waals surface area contributed by atoms with Crippen LogP contribution in [-0.4, -0.2) is 36.1 Å². The van der Waals surface area contributed by atoms with Gasteiger partial charge in [0.05, 0.1) is 10.6 Å². The molecule has 2 aromatic carbocycles. The van der Waals surface area contributed by atoms with Crippen LogP contribution in [0.15, 0.2) is 53.4 Å². The summed E-state index contributed by atoms with van der Waals surface area (Å²) >= 11 is 0. The van der Waals surface area contributed by atoms with Gasteiger partial charge in [-0.05, 0) is 55.0 Å². The first-order valence-corrected chi connectivity index (χ1v) is 11.1. The Bertz CT molecular complexity index is 835. The van der Waals surface area contributed by atoms with Crippen LogP contribution in [0.1, 0.15) is 36.3 Å². The van der Waals surface area contributed by atoms with Crippen LogP contribution in [0.2, 0.25) is 0 Å². The molecule has 1 saturated carbocycles. The van der Waals surface area contributed by atoms with E-state index in [9.17, 15) is 4.21 Å². The van der Waals surface area contributed by atoms with Crippen LogP contribution in [0.4, 0.5) is 5.69 Å². The third kappa shape index (κ3) is 3.56. The quantitative estimate of drug-likeness (QED) is 0.862. The fraction of sp³-hybridized carbons (Fsp3) is 0.455. The lowest BCUT2D eigenvalue weighted by Gasteiger charge is -2.23. The Morgan fingerprint density at radius 1 is 1.07 bits per heavy atom. The number of benzene rings is 2. The second kappa shape index (κ2) is 7.38. The van der Waals surface area contributed by atoms with Crippen LogP contribution < -0.4 is 9.62 Å². The number of fused-ring (bicyclic) bond motifs is 1. The minimum atomic E-state index is -1.12. The summed E-state index contributed by atoms with van der Waals surface area (Å²) in [7, 11) is -1.12. The first-order valence-electron chi connectivity index (χ1n) is 10.0. The van der Waals surface area contributed by atoms with E-state index in [-0.39, 0.29) is 0 Å². The van der Waals surface area contributed by atoms with E-state index in [0.29, 0.717) is 18.0 Å². The van der Waals surface area contributed by atoms with Crippen molar-refractivity contribution in [3.8, 4) is 0 Å². The first-order chi connectivity index (χ1) is 13.3. The molecule has 5 heteroatoms. The van der Waals surface area contributed by atoms with Crippen molar-refractivity contribution in [2.24, 2.45) is 0 Å². The summed E-state index contributed by atoms with van der Waals surface area (Å²) < 4.78 is 20.4. The summed E-state index contributed by atoms with van der Waals surface area (Å²) in [6, 6.07) is 17.8. The van der Waals surface area contributed by atoms with Crippen molar-refractivity contribution in [3.63, 3.8) is 0 Å². The molecule has 27 heavy (non-hydrogen) atoms. The van der Waals surface area contributed by atoms with E-state index >= 15 is 0 Å². The van der Waals surface area contributed by atoms with E-state index in [0.717, 1.165) is 49.6 Å². The third-order valence-corrected chi connectivity index (χ3v) is 7.45. The largest absolute Gasteiger partial charge is 0.381 e. The molecule has 0 amide bonds.